The zero-order valence-electron chi connectivity index (χ0n) is 10.3. The molecule has 0 aliphatic heterocycles. The quantitative estimate of drug-likeness (QED) is 0.815. The maximum atomic E-state index is 10.6. The smallest absolute Gasteiger partial charge is 0.313 e. The van der Waals surface area contributed by atoms with Crippen molar-refractivity contribution in [3.63, 3.8) is 0 Å². The van der Waals surface area contributed by atoms with Crippen molar-refractivity contribution in [2.45, 2.75) is 44.8 Å². The highest BCUT2D eigenvalue weighted by Gasteiger charge is 2.48. The van der Waals surface area contributed by atoms with Gasteiger partial charge in [-0.25, -0.2) is 0 Å². The molecule has 0 spiro atoms. The Balaban J connectivity index is 2.21. The lowest BCUT2D eigenvalue weighted by Gasteiger charge is -2.10. The summed E-state index contributed by atoms with van der Waals surface area (Å²) >= 11 is 1.25. The van der Waals surface area contributed by atoms with Crippen molar-refractivity contribution in [3.05, 3.63) is 5.82 Å². The second kappa shape index (κ2) is 4.33. The first-order chi connectivity index (χ1) is 7.95. The molecule has 6 heteroatoms. The average molecular weight is 255 g/mol. The molecular formula is C11H17N3O2S. The molecule has 1 unspecified atom stereocenters. The number of hydrogen-bond donors (Lipinski definition) is 1. The van der Waals surface area contributed by atoms with E-state index in [9.17, 15) is 4.79 Å². The highest BCUT2D eigenvalue weighted by molar-refractivity contribution is 7.99. The highest BCUT2D eigenvalue weighted by atomic mass is 32.2. The number of carbonyl (C=O) groups is 1. The molecule has 1 heterocycles. The normalized spacial score (nSPS) is 21.5. The summed E-state index contributed by atoms with van der Waals surface area (Å²) in [5.74, 6) is 0.167. The number of aryl methyl sites for hydroxylation is 1. The van der Waals surface area contributed by atoms with E-state index in [4.69, 9.17) is 5.11 Å². The molecule has 1 fully saturated rings. The van der Waals surface area contributed by atoms with Crippen molar-refractivity contribution in [1.29, 1.82) is 0 Å². The lowest BCUT2D eigenvalue weighted by molar-refractivity contribution is -0.133. The van der Waals surface area contributed by atoms with Gasteiger partial charge >= 0.3 is 5.97 Å². The number of nitrogens with zero attached hydrogens (tertiary/aromatic N) is 3. The molecule has 1 saturated carbocycles. The molecular weight excluding hydrogens is 238 g/mol. The third kappa shape index (κ3) is 2.46. The Morgan fingerprint density at radius 3 is 2.71 bits per heavy atom. The summed E-state index contributed by atoms with van der Waals surface area (Å²) in [5, 5.41) is 17.7. The maximum Gasteiger partial charge on any atom is 0.313 e. The first-order valence-electron chi connectivity index (χ1n) is 5.74. The van der Waals surface area contributed by atoms with Crippen LogP contribution in [0, 0.1) is 5.41 Å². The fourth-order valence-corrected chi connectivity index (χ4v) is 2.69. The number of aliphatic carboxylic acids is 1. The molecule has 5 nitrogen and oxygen atoms in total. The van der Waals surface area contributed by atoms with Gasteiger partial charge in [0.05, 0.1) is 5.75 Å². The molecule has 0 bridgehead atoms. The van der Waals surface area contributed by atoms with Crippen LogP contribution >= 0.6 is 11.8 Å². The summed E-state index contributed by atoms with van der Waals surface area (Å²) in [7, 11) is 0. The summed E-state index contributed by atoms with van der Waals surface area (Å²) in [4.78, 5) is 10.6. The third-order valence-electron chi connectivity index (χ3n) is 3.15. The topological polar surface area (TPSA) is 68.0 Å². The Hall–Kier alpha value is -1.04. The largest absolute Gasteiger partial charge is 0.481 e. The Morgan fingerprint density at radius 2 is 2.24 bits per heavy atom. The van der Waals surface area contributed by atoms with E-state index in [0.717, 1.165) is 23.8 Å². The van der Waals surface area contributed by atoms with Crippen molar-refractivity contribution in [2.75, 3.05) is 5.75 Å². The van der Waals surface area contributed by atoms with Crippen molar-refractivity contribution >= 4 is 17.7 Å². The Bertz CT molecular complexity index is 442. The van der Waals surface area contributed by atoms with Crippen LogP contribution in [-0.4, -0.2) is 31.6 Å². The minimum Gasteiger partial charge on any atom is -0.481 e. The van der Waals surface area contributed by atoms with E-state index in [2.05, 4.69) is 28.6 Å². The number of rotatable bonds is 5. The van der Waals surface area contributed by atoms with Gasteiger partial charge in [-0.15, -0.1) is 10.2 Å². The molecule has 1 aliphatic rings. The van der Waals surface area contributed by atoms with Crippen LogP contribution in [0.25, 0.3) is 0 Å². The van der Waals surface area contributed by atoms with E-state index in [1.54, 1.807) is 0 Å². The molecule has 94 valence electrons. The Labute approximate surface area is 105 Å². The van der Waals surface area contributed by atoms with E-state index >= 15 is 0 Å². The van der Waals surface area contributed by atoms with Crippen LogP contribution < -0.4 is 0 Å². The molecule has 0 aromatic carbocycles. The lowest BCUT2D eigenvalue weighted by Crippen LogP contribution is -2.07. The highest BCUT2D eigenvalue weighted by Crippen LogP contribution is 2.56. The third-order valence-corrected chi connectivity index (χ3v) is 4.08. The van der Waals surface area contributed by atoms with E-state index in [1.807, 2.05) is 6.92 Å². The molecule has 2 rings (SSSR count). The molecule has 0 radical (unpaired) electrons. The summed E-state index contributed by atoms with van der Waals surface area (Å²) in [6.45, 7) is 6.47. The first kappa shape index (κ1) is 12.4. The lowest BCUT2D eigenvalue weighted by atomic mass is 10.2. The number of hydrogen-bond acceptors (Lipinski definition) is 4. The van der Waals surface area contributed by atoms with Gasteiger partial charge in [-0.3, -0.25) is 4.79 Å². The fourth-order valence-electron chi connectivity index (χ4n) is 1.97. The Morgan fingerprint density at radius 1 is 1.59 bits per heavy atom. The van der Waals surface area contributed by atoms with Crippen LogP contribution in [-0.2, 0) is 11.2 Å². The molecule has 1 aromatic heterocycles. The van der Waals surface area contributed by atoms with Crippen molar-refractivity contribution in [1.82, 2.24) is 14.8 Å². The number of carboxylic acids is 1. The van der Waals surface area contributed by atoms with Gasteiger partial charge in [0, 0.05) is 12.5 Å². The predicted octanol–water partition coefficient (Wildman–Crippen LogP) is 1.99. The van der Waals surface area contributed by atoms with Crippen LogP contribution in [0.15, 0.2) is 5.16 Å². The van der Waals surface area contributed by atoms with Crippen molar-refractivity contribution in [3.8, 4) is 0 Å². The van der Waals surface area contributed by atoms with E-state index in [1.165, 1.54) is 11.8 Å². The van der Waals surface area contributed by atoms with E-state index in [-0.39, 0.29) is 11.2 Å². The van der Waals surface area contributed by atoms with Crippen LogP contribution in [0.2, 0.25) is 0 Å². The number of aromatic nitrogens is 3. The van der Waals surface area contributed by atoms with Gasteiger partial charge in [-0.2, -0.15) is 0 Å². The summed E-state index contributed by atoms with van der Waals surface area (Å²) in [6, 6.07) is 0.420. The SMILES string of the molecule is CCc1nnc(SCC(=O)O)n1C1CC1(C)C. The van der Waals surface area contributed by atoms with Crippen LogP contribution in [0.5, 0.6) is 0 Å². The number of carboxylic acid groups (broad SMARTS) is 1. The van der Waals surface area contributed by atoms with Gasteiger partial charge < -0.3 is 9.67 Å². The summed E-state index contributed by atoms with van der Waals surface area (Å²) in [5.41, 5.74) is 0.283. The molecule has 1 aromatic rings. The molecule has 1 atom stereocenters. The van der Waals surface area contributed by atoms with Crippen molar-refractivity contribution < 1.29 is 9.90 Å². The van der Waals surface area contributed by atoms with Gasteiger partial charge in [0.2, 0.25) is 0 Å². The van der Waals surface area contributed by atoms with Crippen LogP contribution in [0.4, 0.5) is 0 Å². The standard InChI is InChI=1S/C11H17N3O2S/c1-4-8-12-13-10(17-6-9(15)16)14(8)7-5-11(7,2)3/h7H,4-6H2,1-3H3,(H,15,16). The zero-order valence-corrected chi connectivity index (χ0v) is 11.1. The molecule has 1 aliphatic carbocycles. The monoisotopic (exact) mass is 255 g/mol. The van der Waals surface area contributed by atoms with Crippen LogP contribution in [0.1, 0.15) is 39.1 Å². The zero-order chi connectivity index (χ0) is 12.6. The predicted molar refractivity (Wildman–Crippen MR) is 65.2 cm³/mol. The maximum absolute atomic E-state index is 10.6. The van der Waals surface area contributed by atoms with Crippen LogP contribution in [0.3, 0.4) is 0 Å². The van der Waals surface area contributed by atoms with E-state index in [0.29, 0.717) is 6.04 Å². The van der Waals surface area contributed by atoms with Gasteiger partial charge in [-0.1, -0.05) is 32.5 Å². The van der Waals surface area contributed by atoms with Crippen molar-refractivity contribution in [2.24, 2.45) is 5.41 Å². The minimum absolute atomic E-state index is 0.0367. The van der Waals surface area contributed by atoms with Gasteiger partial charge in [0.1, 0.15) is 5.82 Å². The molecule has 1 N–H and O–H groups in total. The molecule has 17 heavy (non-hydrogen) atoms. The van der Waals surface area contributed by atoms with E-state index < -0.39 is 5.97 Å². The number of thioether (sulfide) groups is 1. The average Bonchev–Trinajstić information content (AvgIpc) is 2.73. The molecule has 0 amide bonds. The summed E-state index contributed by atoms with van der Waals surface area (Å²) < 4.78 is 2.12. The second-order valence-electron chi connectivity index (χ2n) is 5.01. The van der Waals surface area contributed by atoms with Gasteiger partial charge in [-0.05, 0) is 11.8 Å². The fraction of sp³-hybridized carbons (Fsp3) is 0.727. The summed E-state index contributed by atoms with van der Waals surface area (Å²) in [6.07, 6.45) is 1.94. The molecule has 0 saturated heterocycles. The minimum atomic E-state index is -0.822. The van der Waals surface area contributed by atoms with Gasteiger partial charge in [0.15, 0.2) is 5.16 Å². The first-order valence-corrected chi connectivity index (χ1v) is 6.72. The second-order valence-corrected chi connectivity index (χ2v) is 5.96. The Kier molecular flexibility index (Phi) is 3.16. The van der Waals surface area contributed by atoms with Gasteiger partial charge in [0.25, 0.3) is 0 Å².